The summed E-state index contributed by atoms with van der Waals surface area (Å²) in [5, 5.41) is 3.79. The molecular weight excluding hydrogens is 256 g/mol. The largest absolute Gasteiger partial charge is 0.340 e. The van der Waals surface area contributed by atoms with E-state index >= 15 is 0 Å². The second-order valence-electron chi connectivity index (χ2n) is 5.35. The van der Waals surface area contributed by atoms with Crippen LogP contribution in [0.1, 0.15) is 38.4 Å². The molecule has 0 atom stereocenters. The number of nitrogens with zero attached hydrogens (tertiary/aromatic N) is 4. The lowest BCUT2D eigenvalue weighted by molar-refractivity contribution is -0.137. The van der Waals surface area contributed by atoms with Gasteiger partial charge in [-0.3, -0.25) is 9.69 Å². The lowest BCUT2D eigenvalue weighted by Gasteiger charge is -2.35. The van der Waals surface area contributed by atoms with Gasteiger partial charge in [0.2, 0.25) is 11.8 Å². The van der Waals surface area contributed by atoms with Gasteiger partial charge in [-0.1, -0.05) is 19.0 Å². The summed E-state index contributed by atoms with van der Waals surface area (Å²) < 4.78 is 5.13. The first kappa shape index (κ1) is 15.0. The molecule has 0 N–H and O–H groups in total. The van der Waals surface area contributed by atoms with Crippen LogP contribution in [0.15, 0.2) is 4.52 Å². The zero-order valence-corrected chi connectivity index (χ0v) is 12.6. The minimum atomic E-state index is 0.181. The summed E-state index contributed by atoms with van der Waals surface area (Å²) in [5.74, 6) is 1.81. The first-order chi connectivity index (χ1) is 9.63. The molecule has 6 heteroatoms. The van der Waals surface area contributed by atoms with Gasteiger partial charge in [0.05, 0.1) is 6.54 Å². The highest BCUT2D eigenvalue weighted by Gasteiger charge is 2.25. The molecule has 2 rings (SSSR count). The second-order valence-corrected chi connectivity index (χ2v) is 5.35. The van der Waals surface area contributed by atoms with E-state index in [0.29, 0.717) is 24.2 Å². The molecule has 1 aliphatic rings. The van der Waals surface area contributed by atoms with E-state index in [0.717, 1.165) is 39.0 Å². The van der Waals surface area contributed by atoms with E-state index < -0.39 is 0 Å². The van der Waals surface area contributed by atoms with Crippen LogP contribution in [0, 0.1) is 12.8 Å². The average Bonchev–Trinajstić information content (AvgIpc) is 2.86. The summed E-state index contributed by atoms with van der Waals surface area (Å²) in [5.41, 5.74) is 0. The molecule has 1 amide bonds. The third-order valence-electron chi connectivity index (χ3n) is 3.95. The van der Waals surface area contributed by atoms with Gasteiger partial charge in [-0.15, -0.1) is 0 Å². The van der Waals surface area contributed by atoms with Crippen molar-refractivity contribution in [1.29, 1.82) is 0 Å². The molecule has 0 spiro atoms. The van der Waals surface area contributed by atoms with Crippen molar-refractivity contribution in [3.63, 3.8) is 0 Å². The van der Waals surface area contributed by atoms with Crippen LogP contribution in [-0.4, -0.2) is 52.0 Å². The predicted octanol–water partition coefficient (Wildman–Crippen LogP) is 1.46. The lowest BCUT2D eigenvalue weighted by Crippen LogP contribution is -2.49. The monoisotopic (exact) mass is 280 g/mol. The number of aryl methyl sites for hydroxylation is 1. The van der Waals surface area contributed by atoms with Crippen LogP contribution in [0.4, 0.5) is 0 Å². The molecule has 1 fully saturated rings. The molecular formula is C14H24N4O2. The van der Waals surface area contributed by atoms with E-state index in [9.17, 15) is 4.79 Å². The number of hydrogen-bond donors (Lipinski definition) is 0. The van der Waals surface area contributed by atoms with E-state index in [1.165, 1.54) is 0 Å². The summed E-state index contributed by atoms with van der Waals surface area (Å²) in [7, 11) is 0. The Balaban J connectivity index is 1.81. The molecule has 0 radical (unpaired) electrons. The van der Waals surface area contributed by atoms with E-state index in [1.54, 1.807) is 0 Å². The highest BCUT2D eigenvalue weighted by Crippen LogP contribution is 2.14. The molecule has 6 nitrogen and oxygen atoms in total. The first-order valence-electron chi connectivity index (χ1n) is 7.44. The summed E-state index contributed by atoms with van der Waals surface area (Å²) in [6, 6.07) is 0. The fourth-order valence-corrected chi connectivity index (χ4v) is 2.62. The molecule has 0 unspecified atom stereocenters. The zero-order chi connectivity index (χ0) is 14.5. The number of hydrogen-bond acceptors (Lipinski definition) is 5. The molecule has 20 heavy (non-hydrogen) atoms. The van der Waals surface area contributed by atoms with Crippen molar-refractivity contribution in [2.24, 2.45) is 5.92 Å². The predicted molar refractivity (Wildman–Crippen MR) is 75.0 cm³/mol. The number of amides is 1. The number of rotatable bonds is 5. The first-order valence-corrected chi connectivity index (χ1v) is 7.44. The Hall–Kier alpha value is -1.43. The fraction of sp³-hybridized carbons (Fsp3) is 0.786. The molecule has 2 heterocycles. The molecule has 0 aromatic carbocycles. The third kappa shape index (κ3) is 3.56. The van der Waals surface area contributed by atoms with Crippen molar-refractivity contribution in [3.05, 3.63) is 11.7 Å². The molecule has 0 bridgehead atoms. The van der Waals surface area contributed by atoms with Crippen LogP contribution in [0.25, 0.3) is 0 Å². The van der Waals surface area contributed by atoms with Crippen LogP contribution in [-0.2, 0) is 11.3 Å². The normalized spacial score (nSPS) is 16.9. The van der Waals surface area contributed by atoms with Gasteiger partial charge in [-0.25, -0.2) is 0 Å². The quantitative estimate of drug-likeness (QED) is 0.817. The van der Waals surface area contributed by atoms with Gasteiger partial charge in [0.1, 0.15) is 0 Å². The lowest BCUT2D eigenvalue weighted by atomic mass is 10.0. The van der Waals surface area contributed by atoms with Gasteiger partial charge in [0, 0.05) is 32.1 Å². The van der Waals surface area contributed by atoms with Crippen LogP contribution in [0.2, 0.25) is 0 Å². The molecule has 112 valence electrons. The van der Waals surface area contributed by atoms with E-state index in [-0.39, 0.29) is 5.92 Å². The number of carbonyl (C=O) groups is 1. The minimum absolute atomic E-state index is 0.181. The van der Waals surface area contributed by atoms with Crippen molar-refractivity contribution in [1.82, 2.24) is 19.9 Å². The number of aromatic nitrogens is 2. The molecule has 1 aromatic heterocycles. The van der Waals surface area contributed by atoms with E-state index in [1.807, 2.05) is 11.8 Å². The highest BCUT2D eigenvalue weighted by molar-refractivity contribution is 5.78. The second kappa shape index (κ2) is 6.83. The van der Waals surface area contributed by atoms with Crippen molar-refractivity contribution in [2.45, 2.75) is 40.2 Å². The minimum Gasteiger partial charge on any atom is -0.340 e. The van der Waals surface area contributed by atoms with Gasteiger partial charge in [-0.2, -0.15) is 4.98 Å². The van der Waals surface area contributed by atoms with Crippen molar-refractivity contribution in [2.75, 3.05) is 26.2 Å². The summed E-state index contributed by atoms with van der Waals surface area (Å²) in [6.07, 6.45) is 1.85. The molecule has 0 saturated carbocycles. The fourth-order valence-electron chi connectivity index (χ4n) is 2.62. The number of carbonyl (C=O) groups excluding carboxylic acids is 1. The van der Waals surface area contributed by atoms with E-state index in [4.69, 9.17) is 4.52 Å². The molecule has 1 saturated heterocycles. The Morgan fingerprint density at radius 1 is 1.25 bits per heavy atom. The summed E-state index contributed by atoms with van der Waals surface area (Å²) in [4.78, 5) is 20.8. The van der Waals surface area contributed by atoms with Gasteiger partial charge >= 0.3 is 0 Å². The smallest absolute Gasteiger partial charge is 0.240 e. The number of piperazine rings is 1. The Labute approximate surface area is 120 Å². The zero-order valence-electron chi connectivity index (χ0n) is 12.6. The Morgan fingerprint density at radius 3 is 2.40 bits per heavy atom. The Morgan fingerprint density at radius 2 is 1.90 bits per heavy atom. The van der Waals surface area contributed by atoms with Crippen LogP contribution in [0.5, 0.6) is 0 Å². The maximum absolute atomic E-state index is 12.3. The Bertz CT molecular complexity index is 434. The van der Waals surface area contributed by atoms with Crippen LogP contribution >= 0.6 is 0 Å². The van der Waals surface area contributed by atoms with Gasteiger partial charge < -0.3 is 9.42 Å². The molecule has 0 aliphatic carbocycles. The topological polar surface area (TPSA) is 62.5 Å². The van der Waals surface area contributed by atoms with Crippen LogP contribution in [0.3, 0.4) is 0 Å². The van der Waals surface area contributed by atoms with Crippen molar-refractivity contribution >= 4 is 5.91 Å². The summed E-state index contributed by atoms with van der Waals surface area (Å²) in [6.45, 7) is 9.99. The highest BCUT2D eigenvalue weighted by atomic mass is 16.5. The molecule has 1 aliphatic heterocycles. The average molecular weight is 280 g/mol. The standard InChI is InChI=1S/C14H24N4O2/c1-4-12(5-2)14(19)18-8-6-17(7-9-18)10-13-15-11(3)16-20-13/h12H,4-10H2,1-3H3. The summed E-state index contributed by atoms with van der Waals surface area (Å²) >= 11 is 0. The molecule has 1 aromatic rings. The van der Waals surface area contributed by atoms with Gasteiger partial charge in [0.15, 0.2) is 5.82 Å². The van der Waals surface area contributed by atoms with E-state index in [2.05, 4.69) is 28.9 Å². The SMILES string of the molecule is CCC(CC)C(=O)N1CCN(Cc2nc(C)no2)CC1. The van der Waals surface area contributed by atoms with Crippen molar-refractivity contribution in [3.8, 4) is 0 Å². The maximum atomic E-state index is 12.3. The van der Waals surface area contributed by atoms with Gasteiger partial charge in [0.25, 0.3) is 0 Å². The van der Waals surface area contributed by atoms with Crippen LogP contribution < -0.4 is 0 Å². The Kier molecular flexibility index (Phi) is 5.11. The maximum Gasteiger partial charge on any atom is 0.240 e. The van der Waals surface area contributed by atoms with Crippen molar-refractivity contribution < 1.29 is 9.32 Å². The van der Waals surface area contributed by atoms with Gasteiger partial charge in [-0.05, 0) is 19.8 Å². The third-order valence-corrected chi connectivity index (χ3v) is 3.95.